The molecule has 1 aromatic heterocycles. The van der Waals surface area contributed by atoms with Gasteiger partial charge in [-0.25, -0.2) is 9.07 Å². The van der Waals surface area contributed by atoms with Crippen LogP contribution < -0.4 is 5.32 Å². The summed E-state index contributed by atoms with van der Waals surface area (Å²) in [4.78, 5) is 2.11. The fraction of sp³-hybridized carbons (Fsp3) is 0.120. The molecule has 0 bridgehead atoms. The Morgan fingerprint density at radius 1 is 0.938 bits per heavy atom. The van der Waals surface area contributed by atoms with Gasteiger partial charge in [-0.2, -0.15) is 5.10 Å². The molecule has 32 heavy (non-hydrogen) atoms. The van der Waals surface area contributed by atoms with Gasteiger partial charge in [-0.05, 0) is 41.0 Å². The van der Waals surface area contributed by atoms with Gasteiger partial charge < -0.3 is 10.2 Å². The van der Waals surface area contributed by atoms with Crippen molar-refractivity contribution in [1.29, 1.82) is 0 Å². The zero-order chi connectivity index (χ0) is 22.3. The molecule has 3 aromatic carbocycles. The van der Waals surface area contributed by atoms with Crippen LogP contribution in [-0.4, -0.2) is 19.8 Å². The summed E-state index contributed by atoms with van der Waals surface area (Å²) in [7, 11) is 0. The van der Waals surface area contributed by atoms with Crippen LogP contribution in [0.5, 0.6) is 0 Å². The molecule has 4 aromatic rings. The third kappa shape index (κ3) is 5.72. The zero-order valence-electron chi connectivity index (χ0n) is 17.3. The highest BCUT2D eigenvalue weighted by atomic mass is 35.5. The lowest BCUT2D eigenvalue weighted by molar-refractivity contribution is 0.412. The van der Waals surface area contributed by atoms with Crippen LogP contribution in [0.2, 0.25) is 5.02 Å². The first-order chi connectivity index (χ1) is 15.6. The number of anilines is 1. The van der Waals surface area contributed by atoms with Crippen LogP contribution in [-0.2, 0) is 19.6 Å². The summed E-state index contributed by atoms with van der Waals surface area (Å²) in [5, 5.41) is 8.65. The Kier molecular flexibility index (Phi) is 7.14. The molecule has 0 aliphatic heterocycles. The standard InChI is InChI=1S/C25H22ClFN4S/c26-23-15-22(27)12-11-21(23)18-31-24(13-14-28-31)29-25(32)30(16-19-7-3-1-4-8-19)17-20-9-5-2-6-10-20/h1-15H,16-18H2,(H,29,32). The molecule has 1 N–H and O–H groups in total. The van der Waals surface area contributed by atoms with E-state index in [1.165, 1.54) is 23.3 Å². The fourth-order valence-electron chi connectivity index (χ4n) is 3.37. The number of benzene rings is 3. The minimum atomic E-state index is -0.365. The Labute approximate surface area is 197 Å². The maximum atomic E-state index is 13.4. The minimum absolute atomic E-state index is 0.365. The van der Waals surface area contributed by atoms with Crippen molar-refractivity contribution in [3.8, 4) is 0 Å². The molecule has 1 heterocycles. The molecular weight excluding hydrogens is 443 g/mol. The van der Waals surface area contributed by atoms with Crippen molar-refractivity contribution in [2.75, 3.05) is 5.32 Å². The van der Waals surface area contributed by atoms with Crippen LogP contribution in [0.25, 0.3) is 0 Å². The van der Waals surface area contributed by atoms with Gasteiger partial charge in [-0.1, -0.05) is 78.3 Å². The van der Waals surface area contributed by atoms with Gasteiger partial charge in [0.1, 0.15) is 11.6 Å². The topological polar surface area (TPSA) is 33.1 Å². The van der Waals surface area contributed by atoms with E-state index in [-0.39, 0.29) is 5.82 Å². The number of aromatic nitrogens is 2. The predicted octanol–water partition coefficient (Wildman–Crippen LogP) is 6.12. The van der Waals surface area contributed by atoms with Gasteiger partial charge in [-0.15, -0.1) is 0 Å². The second-order valence-electron chi connectivity index (χ2n) is 7.37. The van der Waals surface area contributed by atoms with Crippen molar-refractivity contribution in [3.63, 3.8) is 0 Å². The van der Waals surface area contributed by atoms with Gasteiger partial charge in [0, 0.05) is 24.2 Å². The summed E-state index contributed by atoms with van der Waals surface area (Å²) in [5.74, 6) is 0.373. The van der Waals surface area contributed by atoms with Gasteiger partial charge >= 0.3 is 0 Å². The Morgan fingerprint density at radius 3 is 2.16 bits per heavy atom. The van der Waals surface area contributed by atoms with Gasteiger partial charge in [0.25, 0.3) is 0 Å². The van der Waals surface area contributed by atoms with E-state index in [2.05, 4.69) is 39.6 Å². The lowest BCUT2D eigenvalue weighted by Gasteiger charge is -2.26. The monoisotopic (exact) mass is 464 g/mol. The van der Waals surface area contributed by atoms with Crippen LogP contribution in [0.15, 0.2) is 91.1 Å². The maximum Gasteiger partial charge on any atom is 0.175 e. The van der Waals surface area contributed by atoms with E-state index in [4.69, 9.17) is 23.8 Å². The molecule has 7 heteroatoms. The Hall–Kier alpha value is -3.22. The highest BCUT2D eigenvalue weighted by molar-refractivity contribution is 7.80. The number of nitrogens with one attached hydrogen (secondary N) is 1. The largest absolute Gasteiger partial charge is 0.340 e. The van der Waals surface area contributed by atoms with Crippen molar-refractivity contribution in [2.24, 2.45) is 0 Å². The molecule has 0 saturated heterocycles. The summed E-state index contributed by atoms with van der Waals surface area (Å²) >= 11 is 12.0. The van der Waals surface area contributed by atoms with E-state index in [0.29, 0.717) is 29.8 Å². The first-order valence-corrected chi connectivity index (χ1v) is 11.0. The zero-order valence-corrected chi connectivity index (χ0v) is 18.9. The molecular formula is C25H22ClFN4S. The van der Waals surface area contributed by atoms with Gasteiger partial charge in [0.2, 0.25) is 0 Å². The van der Waals surface area contributed by atoms with Crippen molar-refractivity contribution < 1.29 is 4.39 Å². The summed E-state index contributed by atoms with van der Waals surface area (Å²) < 4.78 is 15.1. The Bertz CT molecular complexity index is 1140. The van der Waals surface area contributed by atoms with E-state index in [1.807, 2.05) is 42.5 Å². The van der Waals surface area contributed by atoms with Gasteiger partial charge in [0.05, 0.1) is 12.7 Å². The SMILES string of the molecule is Fc1ccc(Cn2nccc2NC(=S)N(Cc2ccccc2)Cc2ccccc2)c(Cl)c1. The lowest BCUT2D eigenvalue weighted by Crippen LogP contribution is -2.34. The third-order valence-corrected chi connectivity index (χ3v) is 5.72. The van der Waals surface area contributed by atoms with Crippen molar-refractivity contribution in [1.82, 2.24) is 14.7 Å². The molecule has 4 rings (SSSR count). The molecule has 0 saturated carbocycles. The molecule has 0 spiro atoms. The number of hydrogen-bond donors (Lipinski definition) is 1. The van der Waals surface area contributed by atoms with E-state index in [0.717, 1.165) is 11.4 Å². The molecule has 0 fully saturated rings. The van der Waals surface area contributed by atoms with Crippen molar-refractivity contribution >= 4 is 34.7 Å². The van der Waals surface area contributed by atoms with E-state index in [1.54, 1.807) is 16.9 Å². The first-order valence-electron chi connectivity index (χ1n) is 10.2. The molecule has 0 aliphatic carbocycles. The smallest absolute Gasteiger partial charge is 0.175 e. The molecule has 0 atom stereocenters. The number of rotatable bonds is 7. The number of hydrogen-bond acceptors (Lipinski definition) is 2. The van der Waals surface area contributed by atoms with E-state index < -0.39 is 0 Å². The lowest BCUT2D eigenvalue weighted by atomic mass is 10.2. The second-order valence-corrected chi connectivity index (χ2v) is 8.16. The van der Waals surface area contributed by atoms with Gasteiger partial charge in [-0.3, -0.25) is 0 Å². The van der Waals surface area contributed by atoms with Crippen LogP contribution >= 0.6 is 23.8 Å². The highest BCUT2D eigenvalue weighted by Gasteiger charge is 2.14. The first kappa shape index (κ1) is 22.0. The quantitative estimate of drug-likeness (QED) is 0.334. The third-order valence-electron chi connectivity index (χ3n) is 5.01. The van der Waals surface area contributed by atoms with Crippen molar-refractivity contribution in [2.45, 2.75) is 19.6 Å². The van der Waals surface area contributed by atoms with Gasteiger partial charge in [0.15, 0.2) is 5.11 Å². The molecule has 4 nitrogen and oxygen atoms in total. The average Bonchev–Trinajstić information content (AvgIpc) is 3.23. The number of nitrogens with zero attached hydrogens (tertiary/aromatic N) is 3. The number of thiocarbonyl (C=S) groups is 1. The van der Waals surface area contributed by atoms with Crippen LogP contribution in [0.3, 0.4) is 0 Å². The second kappa shape index (κ2) is 10.4. The highest BCUT2D eigenvalue weighted by Crippen LogP contribution is 2.20. The predicted molar refractivity (Wildman–Crippen MR) is 131 cm³/mol. The van der Waals surface area contributed by atoms with Crippen LogP contribution in [0, 0.1) is 5.82 Å². The molecule has 0 unspecified atom stereocenters. The molecule has 0 amide bonds. The summed E-state index contributed by atoms with van der Waals surface area (Å²) in [5.41, 5.74) is 3.11. The van der Waals surface area contributed by atoms with Crippen LogP contribution in [0.4, 0.5) is 10.2 Å². The fourth-order valence-corrected chi connectivity index (χ4v) is 3.83. The average molecular weight is 465 g/mol. The molecule has 0 aliphatic rings. The summed E-state index contributed by atoms with van der Waals surface area (Å²) in [6, 6.07) is 26.6. The minimum Gasteiger partial charge on any atom is -0.340 e. The van der Waals surface area contributed by atoms with Crippen LogP contribution in [0.1, 0.15) is 16.7 Å². The normalized spacial score (nSPS) is 10.7. The van der Waals surface area contributed by atoms with E-state index >= 15 is 0 Å². The van der Waals surface area contributed by atoms with Crippen molar-refractivity contribution in [3.05, 3.63) is 119 Å². The summed E-state index contributed by atoms with van der Waals surface area (Å²) in [6.07, 6.45) is 1.70. The molecule has 0 radical (unpaired) electrons. The van der Waals surface area contributed by atoms with E-state index in [9.17, 15) is 4.39 Å². The molecule has 162 valence electrons. The maximum absolute atomic E-state index is 13.4. The number of halogens is 2. The summed E-state index contributed by atoms with van der Waals surface area (Å²) in [6.45, 7) is 1.73. The Morgan fingerprint density at radius 2 is 1.56 bits per heavy atom. The Balaban J connectivity index is 1.52.